The third-order valence-corrected chi connectivity index (χ3v) is 1.86. The molecule has 1 rings (SSSR count). The summed E-state index contributed by atoms with van der Waals surface area (Å²) in [5.41, 5.74) is 0. The average Bonchev–Trinajstić information content (AvgIpc) is 2.52. The second kappa shape index (κ2) is 4.97. The van der Waals surface area contributed by atoms with E-state index in [1.165, 1.54) is 6.20 Å². The maximum atomic E-state index is 11.0. The minimum Gasteiger partial charge on any atom is -0.445 e. The van der Waals surface area contributed by atoms with Gasteiger partial charge in [-0.1, -0.05) is 39.3 Å². The van der Waals surface area contributed by atoms with Gasteiger partial charge in [-0.2, -0.15) is 0 Å². The SMILES string of the molecule is O=C(Nc1cnns1)OCC(Cl)(Cl)Cl. The van der Waals surface area contributed by atoms with Crippen molar-refractivity contribution in [2.45, 2.75) is 3.79 Å². The van der Waals surface area contributed by atoms with E-state index in [2.05, 4.69) is 19.6 Å². The van der Waals surface area contributed by atoms with Crippen molar-refractivity contribution in [2.75, 3.05) is 11.9 Å². The standard InChI is InChI=1S/C5H4Cl3N3O2S/c6-5(7,8)2-13-4(12)10-3-1-9-11-14-3/h1H,2H2,(H,10,12). The molecule has 5 nitrogen and oxygen atoms in total. The van der Waals surface area contributed by atoms with E-state index >= 15 is 0 Å². The monoisotopic (exact) mass is 275 g/mol. The summed E-state index contributed by atoms with van der Waals surface area (Å²) in [6, 6.07) is 0. The molecule has 1 aromatic rings. The van der Waals surface area contributed by atoms with E-state index in [1.807, 2.05) is 0 Å². The highest BCUT2D eigenvalue weighted by Crippen LogP contribution is 2.26. The molecule has 0 unspecified atom stereocenters. The topological polar surface area (TPSA) is 64.1 Å². The molecule has 0 aliphatic rings. The van der Waals surface area contributed by atoms with Crippen LogP contribution < -0.4 is 5.32 Å². The molecule has 1 aromatic heterocycles. The summed E-state index contributed by atoms with van der Waals surface area (Å²) in [6.45, 7) is -0.324. The van der Waals surface area contributed by atoms with Gasteiger partial charge in [0.15, 0.2) is 0 Å². The van der Waals surface area contributed by atoms with Gasteiger partial charge in [0.2, 0.25) is 3.79 Å². The summed E-state index contributed by atoms with van der Waals surface area (Å²) in [4.78, 5) is 11.0. The molecule has 1 heterocycles. The van der Waals surface area contributed by atoms with E-state index in [0.29, 0.717) is 5.00 Å². The van der Waals surface area contributed by atoms with Gasteiger partial charge in [0.1, 0.15) is 11.6 Å². The maximum Gasteiger partial charge on any atom is 0.412 e. The zero-order valence-corrected chi connectivity index (χ0v) is 9.62. The largest absolute Gasteiger partial charge is 0.445 e. The van der Waals surface area contributed by atoms with Gasteiger partial charge in [0.25, 0.3) is 0 Å². The molecule has 9 heteroatoms. The van der Waals surface area contributed by atoms with Crippen LogP contribution in [0.25, 0.3) is 0 Å². The summed E-state index contributed by atoms with van der Waals surface area (Å²) in [5.74, 6) is 0. The number of nitrogens with one attached hydrogen (secondary N) is 1. The second-order valence-electron chi connectivity index (χ2n) is 2.10. The van der Waals surface area contributed by atoms with Crippen LogP contribution >= 0.6 is 46.3 Å². The molecule has 78 valence electrons. The second-order valence-corrected chi connectivity index (χ2v) is 5.40. The van der Waals surface area contributed by atoms with Crippen LogP contribution in [0, 0.1) is 0 Å². The van der Waals surface area contributed by atoms with Crippen molar-refractivity contribution in [1.82, 2.24) is 9.59 Å². The Hall–Kier alpha value is -0.300. The third kappa shape index (κ3) is 4.80. The predicted molar refractivity (Wildman–Crippen MR) is 55.2 cm³/mol. The lowest BCUT2D eigenvalue weighted by Crippen LogP contribution is -2.20. The van der Waals surface area contributed by atoms with Crippen molar-refractivity contribution in [2.24, 2.45) is 0 Å². The first-order valence-electron chi connectivity index (χ1n) is 3.25. The van der Waals surface area contributed by atoms with Gasteiger partial charge in [0, 0.05) is 11.5 Å². The number of hydrogen-bond acceptors (Lipinski definition) is 5. The summed E-state index contributed by atoms with van der Waals surface area (Å²) >= 11 is 17.1. The number of carbonyl (C=O) groups excluding carboxylic acids is 1. The van der Waals surface area contributed by atoms with Gasteiger partial charge >= 0.3 is 6.09 Å². The summed E-state index contributed by atoms with van der Waals surface area (Å²) in [5, 5.41) is 6.31. The van der Waals surface area contributed by atoms with Gasteiger partial charge in [-0.15, -0.1) is 5.10 Å². The quantitative estimate of drug-likeness (QED) is 0.843. The lowest BCUT2D eigenvalue weighted by Gasteiger charge is -2.10. The van der Waals surface area contributed by atoms with Gasteiger partial charge in [-0.05, 0) is 0 Å². The Kier molecular flexibility index (Phi) is 4.18. The van der Waals surface area contributed by atoms with Crippen LogP contribution in [-0.2, 0) is 4.74 Å². The van der Waals surface area contributed by atoms with Crippen molar-refractivity contribution < 1.29 is 9.53 Å². The Morgan fingerprint density at radius 1 is 1.64 bits per heavy atom. The van der Waals surface area contributed by atoms with Crippen molar-refractivity contribution in [3.05, 3.63) is 6.20 Å². The first-order valence-corrected chi connectivity index (χ1v) is 5.16. The van der Waals surface area contributed by atoms with Crippen molar-refractivity contribution in [1.29, 1.82) is 0 Å². The molecule has 0 atom stereocenters. The van der Waals surface area contributed by atoms with E-state index in [4.69, 9.17) is 34.8 Å². The number of amides is 1. The number of aromatic nitrogens is 2. The predicted octanol–water partition coefficient (Wildman–Crippen LogP) is 2.46. The molecule has 1 N–H and O–H groups in total. The van der Waals surface area contributed by atoms with Gasteiger partial charge < -0.3 is 4.74 Å². The van der Waals surface area contributed by atoms with Crippen LogP contribution in [0.1, 0.15) is 0 Å². The highest BCUT2D eigenvalue weighted by molar-refractivity contribution is 7.10. The average molecular weight is 277 g/mol. The Balaban J connectivity index is 2.30. The number of halogens is 3. The molecule has 1 amide bonds. The Bertz CT molecular complexity index is 300. The van der Waals surface area contributed by atoms with Crippen molar-refractivity contribution >= 4 is 57.4 Å². The molecule has 0 bridgehead atoms. The smallest absolute Gasteiger partial charge is 0.412 e. The number of alkyl halides is 3. The van der Waals surface area contributed by atoms with E-state index in [1.54, 1.807) is 0 Å². The first-order chi connectivity index (χ1) is 6.47. The molecule has 0 saturated carbocycles. The van der Waals surface area contributed by atoms with Crippen LogP contribution in [0.15, 0.2) is 6.20 Å². The lowest BCUT2D eigenvalue weighted by atomic mass is 10.8. The number of anilines is 1. The van der Waals surface area contributed by atoms with Gasteiger partial charge in [-0.3, -0.25) is 5.32 Å². The molecule has 0 aliphatic heterocycles. The highest BCUT2D eigenvalue weighted by atomic mass is 35.6. The summed E-state index contributed by atoms with van der Waals surface area (Å²) in [6.07, 6.45) is 0.656. The van der Waals surface area contributed by atoms with Gasteiger partial charge in [0.05, 0.1) is 6.20 Å². The number of rotatable bonds is 2. The maximum absolute atomic E-state index is 11.0. The number of hydrogen-bond donors (Lipinski definition) is 1. The van der Waals surface area contributed by atoms with E-state index in [-0.39, 0.29) is 6.61 Å². The minimum absolute atomic E-state index is 0.324. The summed E-state index contributed by atoms with van der Waals surface area (Å²) < 4.78 is 6.50. The number of nitrogens with zero attached hydrogens (tertiary/aromatic N) is 2. The lowest BCUT2D eigenvalue weighted by molar-refractivity contribution is 0.164. The number of carbonyl (C=O) groups is 1. The van der Waals surface area contributed by atoms with Gasteiger partial charge in [-0.25, -0.2) is 4.79 Å². The van der Waals surface area contributed by atoms with Crippen LogP contribution in [0.5, 0.6) is 0 Å². The Morgan fingerprint density at radius 2 is 2.36 bits per heavy atom. The van der Waals surface area contributed by atoms with Crippen molar-refractivity contribution in [3.63, 3.8) is 0 Å². The van der Waals surface area contributed by atoms with Crippen LogP contribution in [0.3, 0.4) is 0 Å². The van der Waals surface area contributed by atoms with Crippen LogP contribution in [-0.4, -0.2) is 26.1 Å². The van der Waals surface area contributed by atoms with Crippen molar-refractivity contribution in [3.8, 4) is 0 Å². The molecular weight excluding hydrogens is 272 g/mol. The van der Waals surface area contributed by atoms with Crippen LogP contribution in [0.2, 0.25) is 0 Å². The van der Waals surface area contributed by atoms with E-state index in [9.17, 15) is 4.79 Å². The Morgan fingerprint density at radius 3 is 2.86 bits per heavy atom. The first kappa shape index (κ1) is 11.8. The zero-order chi connectivity index (χ0) is 10.6. The van der Waals surface area contributed by atoms with E-state index < -0.39 is 9.89 Å². The Labute approximate surface area is 98.5 Å². The molecule has 0 saturated heterocycles. The fourth-order valence-corrected chi connectivity index (χ4v) is 1.08. The molecule has 0 radical (unpaired) electrons. The molecule has 0 spiro atoms. The molecule has 14 heavy (non-hydrogen) atoms. The minimum atomic E-state index is -1.61. The normalized spacial score (nSPS) is 11.1. The van der Waals surface area contributed by atoms with E-state index in [0.717, 1.165) is 11.5 Å². The third-order valence-electron chi connectivity index (χ3n) is 0.953. The summed E-state index contributed by atoms with van der Waals surface area (Å²) in [7, 11) is 0. The molecule has 0 aromatic carbocycles. The zero-order valence-electron chi connectivity index (χ0n) is 6.54. The fraction of sp³-hybridized carbons (Fsp3) is 0.400. The molecule has 0 aliphatic carbocycles. The number of ether oxygens (including phenoxy) is 1. The fourth-order valence-electron chi connectivity index (χ4n) is 0.506. The molecular formula is C5H4Cl3N3O2S. The highest BCUT2D eigenvalue weighted by Gasteiger charge is 2.22. The molecule has 0 fully saturated rings. The van der Waals surface area contributed by atoms with Crippen LogP contribution in [0.4, 0.5) is 9.80 Å².